The Kier molecular flexibility index (Phi) is 1.90. The average molecular weight is 226 g/mol. The summed E-state index contributed by atoms with van der Waals surface area (Å²) in [6.45, 7) is 0. The third-order valence-electron chi connectivity index (χ3n) is 2.37. The maximum Gasteiger partial charge on any atom is 0.314 e. The number of rotatable bonds is 0. The Labute approximate surface area is 94.4 Å². The predicted molar refractivity (Wildman–Crippen MR) is 61.2 cm³/mol. The highest BCUT2D eigenvalue weighted by atomic mass is 16.2. The summed E-state index contributed by atoms with van der Waals surface area (Å²) in [4.78, 5) is 35.8. The van der Waals surface area contributed by atoms with Crippen molar-refractivity contribution in [1.82, 2.24) is 19.9 Å². The lowest BCUT2D eigenvalue weighted by Crippen LogP contribution is -2.30. The van der Waals surface area contributed by atoms with Crippen molar-refractivity contribution < 1.29 is 0 Å². The van der Waals surface area contributed by atoms with Crippen LogP contribution in [0.3, 0.4) is 0 Å². The molecule has 82 valence electrons. The van der Waals surface area contributed by atoms with E-state index in [0.29, 0.717) is 22.8 Å². The third-order valence-corrected chi connectivity index (χ3v) is 2.37. The lowest BCUT2D eigenvalue weighted by molar-refractivity contribution is 1.05. The van der Waals surface area contributed by atoms with Crippen LogP contribution in [0, 0.1) is 0 Å². The molecule has 0 radical (unpaired) electrons. The van der Waals surface area contributed by atoms with Gasteiger partial charge in [-0.2, -0.15) is 0 Å². The number of aromatic nitrogens is 4. The highest BCUT2D eigenvalue weighted by Gasteiger charge is 2.14. The van der Waals surface area contributed by atoms with Crippen LogP contribution >= 0.6 is 0 Å². The standard InChI is InChI=1S/C11H6N4O2/c16-10-11(17)15-9-7(14-10)3-1-2-6-8(9)13-5-4-12-6/h2-5H,(H,14,16)(H,15,17). The molecule has 1 aliphatic rings. The molecule has 0 aromatic carbocycles. The summed E-state index contributed by atoms with van der Waals surface area (Å²) in [5.41, 5.74) is 3.46. The molecule has 0 amide bonds. The van der Waals surface area contributed by atoms with E-state index in [9.17, 15) is 9.59 Å². The van der Waals surface area contributed by atoms with E-state index in [1.54, 1.807) is 18.3 Å². The van der Waals surface area contributed by atoms with Crippen LogP contribution in [0.4, 0.5) is 0 Å². The maximum absolute atomic E-state index is 11.3. The second-order valence-electron chi connectivity index (χ2n) is 3.44. The summed E-state index contributed by atoms with van der Waals surface area (Å²) in [5.74, 6) is 0. The molecule has 2 heterocycles. The second-order valence-corrected chi connectivity index (χ2v) is 3.44. The first-order valence-corrected chi connectivity index (χ1v) is 4.86. The first kappa shape index (κ1) is 9.50. The molecule has 2 N–H and O–H groups in total. The van der Waals surface area contributed by atoms with E-state index in [1.165, 1.54) is 6.20 Å². The Bertz CT molecular complexity index is 779. The Morgan fingerprint density at radius 3 is 2.65 bits per heavy atom. The number of nitrogens with zero attached hydrogens (tertiary/aromatic N) is 2. The topological polar surface area (TPSA) is 91.5 Å². The van der Waals surface area contributed by atoms with Crippen LogP contribution in [0.1, 0.15) is 11.4 Å². The fourth-order valence-electron chi connectivity index (χ4n) is 1.63. The minimum Gasteiger partial charge on any atom is -0.315 e. The summed E-state index contributed by atoms with van der Waals surface area (Å²) in [5, 5.41) is 0. The molecule has 1 aliphatic carbocycles. The quantitative estimate of drug-likeness (QED) is 0.422. The van der Waals surface area contributed by atoms with Gasteiger partial charge in [0.2, 0.25) is 0 Å². The summed E-state index contributed by atoms with van der Waals surface area (Å²) < 4.78 is 0. The average Bonchev–Trinajstić information content (AvgIpc) is 2.50. The van der Waals surface area contributed by atoms with E-state index in [4.69, 9.17) is 0 Å². The Morgan fingerprint density at radius 1 is 1.00 bits per heavy atom. The molecular weight excluding hydrogens is 220 g/mol. The fourth-order valence-corrected chi connectivity index (χ4v) is 1.63. The molecule has 0 atom stereocenters. The van der Waals surface area contributed by atoms with Crippen molar-refractivity contribution in [2.45, 2.75) is 0 Å². The van der Waals surface area contributed by atoms with Gasteiger partial charge >= 0.3 is 11.1 Å². The van der Waals surface area contributed by atoms with Crippen molar-refractivity contribution >= 4 is 12.2 Å². The molecule has 0 saturated carbocycles. The molecule has 17 heavy (non-hydrogen) atoms. The Balaban J connectivity index is 2.46. The summed E-state index contributed by atoms with van der Waals surface area (Å²) in [6, 6.07) is 0. The SMILES string of the molecule is O=c1[nH]c2c([nH]c1=O)-c1nccnc1C=C=C2. The number of H-pyrrole nitrogens is 2. The number of hydrogen-bond donors (Lipinski definition) is 2. The first-order chi connectivity index (χ1) is 8.25. The monoisotopic (exact) mass is 226 g/mol. The van der Waals surface area contributed by atoms with Crippen LogP contribution in [0.25, 0.3) is 23.5 Å². The van der Waals surface area contributed by atoms with Gasteiger partial charge in [0, 0.05) is 24.5 Å². The number of fused-ring (bicyclic) bond motifs is 3. The van der Waals surface area contributed by atoms with Crippen molar-refractivity contribution in [2.24, 2.45) is 0 Å². The fraction of sp³-hybridized carbons (Fsp3) is 0. The number of nitrogens with one attached hydrogen (secondary N) is 2. The van der Waals surface area contributed by atoms with Crippen LogP contribution < -0.4 is 11.1 Å². The number of aromatic amines is 2. The van der Waals surface area contributed by atoms with Gasteiger partial charge in [-0.1, -0.05) is 0 Å². The molecule has 2 aromatic heterocycles. The van der Waals surface area contributed by atoms with Crippen molar-refractivity contribution in [1.29, 1.82) is 0 Å². The molecule has 2 aromatic rings. The normalized spacial score (nSPS) is 11.8. The molecule has 3 rings (SSSR count). The van der Waals surface area contributed by atoms with Gasteiger partial charge in [0.05, 0.1) is 17.1 Å². The van der Waals surface area contributed by atoms with Gasteiger partial charge < -0.3 is 9.97 Å². The van der Waals surface area contributed by atoms with Crippen LogP contribution in [-0.2, 0) is 0 Å². The van der Waals surface area contributed by atoms with Gasteiger partial charge in [0.25, 0.3) is 0 Å². The van der Waals surface area contributed by atoms with Crippen molar-refractivity contribution in [3.8, 4) is 11.4 Å². The van der Waals surface area contributed by atoms with E-state index in [0.717, 1.165) is 0 Å². The van der Waals surface area contributed by atoms with E-state index >= 15 is 0 Å². The summed E-state index contributed by atoms with van der Waals surface area (Å²) >= 11 is 0. The van der Waals surface area contributed by atoms with Crippen LogP contribution in [-0.4, -0.2) is 19.9 Å². The van der Waals surface area contributed by atoms with Gasteiger partial charge in [-0.15, -0.1) is 5.73 Å². The van der Waals surface area contributed by atoms with Crippen LogP contribution in [0.5, 0.6) is 0 Å². The van der Waals surface area contributed by atoms with E-state index in [1.807, 2.05) is 0 Å². The Hall–Kier alpha value is -2.72. The molecule has 0 saturated heterocycles. The van der Waals surface area contributed by atoms with Crippen LogP contribution in [0.2, 0.25) is 0 Å². The third kappa shape index (κ3) is 1.44. The lowest BCUT2D eigenvalue weighted by atomic mass is 10.2. The largest absolute Gasteiger partial charge is 0.315 e. The zero-order valence-electron chi connectivity index (χ0n) is 8.52. The molecule has 6 nitrogen and oxygen atoms in total. The molecule has 0 unspecified atom stereocenters. The molecule has 0 aliphatic heterocycles. The Morgan fingerprint density at radius 2 is 1.76 bits per heavy atom. The molecular formula is C11H6N4O2. The zero-order chi connectivity index (χ0) is 11.8. The van der Waals surface area contributed by atoms with Gasteiger partial charge in [0.15, 0.2) is 0 Å². The van der Waals surface area contributed by atoms with Crippen LogP contribution in [0.15, 0.2) is 27.7 Å². The van der Waals surface area contributed by atoms with E-state index in [2.05, 4.69) is 25.7 Å². The van der Waals surface area contributed by atoms with Gasteiger partial charge in [-0.3, -0.25) is 19.6 Å². The molecule has 6 heteroatoms. The van der Waals surface area contributed by atoms with Crippen molar-refractivity contribution in [3.63, 3.8) is 0 Å². The minimum atomic E-state index is -0.712. The molecule has 0 spiro atoms. The maximum atomic E-state index is 11.3. The van der Waals surface area contributed by atoms with Gasteiger partial charge in [-0.05, 0) is 0 Å². The van der Waals surface area contributed by atoms with Crippen molar-refractivity contribution in [2.75, 3.05) is 0 Å². The highest BCUT2D eigenvalue weighted by Crippen LogP contribution is 2.22. The molecule has 0 fully saturated rings. The van der Waals surface area contributed by atoms with Gasteiger partial charge in [0.1, 0.15) is 5.69 Å². The predicted octanol–water partition coefficient (Wildman–Crippen LogP) is 0.159. The van der Waals surface area contributed by atoms with Gasteiger partial charge in [-0.25, -0.2) is 0 Å². The first-order valence-electron chi connectivity index (χ1n) is 4.86. The molecule has 0 bridgehead atoms. The minimum absolute atomic E-state index is 0.443. The smallest absolute Gasteiger partial charge is 0.314 e. The zero-order valence-corrected chi connectivity index (χ0v) is 8.52. The van der Waals surface area contributed by atoms with E-state index in [-0.39, 0.29) is 0 Å². The second kappa shape index (κ2) is 3.40. The van der Waals surface area contributed by atoms with E-state index < -0.39 is 11.1 Å². The number of hydrogen-bond acceptors (Lipinski definition) is 4. The highest BCUT2D eigenvalue weighted by molar-refractivity contribution is 5.76. The summed E-state index contributed by atoms with van der Waals surface area (Å²) in [6.07, 6.45) is 6.27. The summed E-state index contributed by atoms with van der Waals surface area (Å²) in [7, 11) is 0. The lowest BCUT2D eigenvalue weighted by Gasteiger charge is -2.04. The van der Waals surface area contributed by atoms with Crippen molar-refractivity contribution in [3.05, 3.63) is 50.2 Å².